The predicted octanol–water partition coefficient (Wildman–Crippen LogP) is 2.19. The van der Waals surface area contributed by atoms with Gasteiger partial charge in [-0.3, -0.25) is 9.78 Å². The second-order valence-corrected chi connectivity index (χ2v) is 5.54. The minimum Gasteiger partial charge on any atom is -0.479 e. The first-order valence-corrected chi connectivity index (χ1v) is 7.37. The van der Waals surface area contributed by atoms with Crippen LogP contribution in [0.4, 0.5) is 0 Å². The molecule has 122 valence electrons. The second kappa shape index (κ2) is 7.19. The first-order chi connectivity index (χ1) is 10.9. The Morgan fingerprint density at radius 2 is 2.00 bits per heavy atom. The van der Waals surface area contributed by atoms with Gasteiger partial charge in [-0.1, -0.05) is 32.0 Å². The summed E-state index contributed by atoms with van der Waals surface area (Å²) >= 11 is 0. The number of rotatable bonds is 6. The molecule has 0 radical (unpaired) electrons. The van der Waals surface area contributed by atoms with Crippen molar-refractivity contribution in [1.82, 2.24) is 10.3 Å². The molecule has 1 aromatic carbocycles. The summed E-state index contributed by atoms with van der Waals surface area (Å²) < 4.78 is 4.82. The molecule has 0 saturated carbocycles. The number of benzene rings is 1. The molecule has 1 amide bonds. The van der Waals surface area contributed by atoms with E-state index in [2.05, 4.69) is 10.3 Å². The maximum atomic E-state index is 12.5. The highest BCUT2D eigenvalue weighted by atomic mass is 16.5. The van der Waals surface area contributed by atoms with E-state index in [-0.39, 0.29) is 18.4 Å². The van der Waals surface area contributed by atoms with Crippen molar-refractivity contribution in [2.24, 2.45) is 0 Å². The van der Waals surface area contributed by atoms with Crippen LogP contribution in [-0.2, 0) is 9.53 Å². The molecule has 2 N–H and O–H groups in total. The maximum Gasteiger partial charge on any atom is 0.334 e. The van der Waals surface area contributed by atoms with Crippen LogP contribution in [0.3, 0.4) is 0 Å². The van der Waals surface area contributed by atoms with Gasteiger partial charge in [-0.05, 0) is 18.1 Å². The molecule has 23 heavy (non-hydrogen) atoms. The van der Waals surface area contributed by atoms with Gasteiger partial charge in [-0.2, -0.15) is 0 Å². The smallest absolute Gasteiger partial charge is 0.334 e. The number of aromatic nitrogens is 1. The number of carboxylic acid groups (broad SMARTS) is 1. The molecule has 0 fully saturated rings. The Morgan fingerprint density at radius 1 is 1.30 bits per heavy atom. The van der Waals surface area contributed by atoms with Crippen LogP contribution in [-0.4, -0.2) is 41.7 Å². The van der Waals surface area contributed by atoms with Crippen LogP contribution in [0.5, 0.6) is 0 Å². The lowest BCUT2D eigenvalue weighted by Crippen LogP contribution is -2.38. The summed E-state index contributed by atoms with van der Waals surface area (Å²) in [5, 5.41) is 12.3. The van der Waals surface area contributed by atoms with Crippen molar-refractivity contribution in [2.75, 3.05) is 13.7 Å². The molecule has 0 bridgehead atoms. The molecule has 2 rings (SSSR count). The number of methoxy groups -OCH3 is 1. The number of ether oxygens (including phenoxy) is 1. The van der Waals surface area contributed by atoms with Crippen molar-refractivity contribution in [3.05, 3.63) is 41.6 Å². The molecule has 0 aliphatic rings. The Hall–Kier alpha value is -2.47. The summed E-state index contributed by atoms with van der Waals surface area (Å²) in [5.41, 5.74) is 2.04. The topological polar surface area (TPSA) is 88.5 Å². The van der Waals surface area contributed by atoms with Crippen molar-refractivity contribution in [1.29, 1.82) is 0 Å². The average Bonchev–Trinajstić information content (AvgIpc) is 2.53. The fraction of sp³-hybridized carbons (Fsp3) is 0.353. The minimum atomic E-state index is -1.12. The van der Waals surface area contributed by atoms with Crippen LogP contribution in [0.1, 0.15) is 35.8 Å². The van der Waals surface area contributed by atoms with Crippen LogP contribution in [0.2, 0.25) is 0 Å². The zero-order valence-corrected chi connectivity index (χ0v) is 13.4. The highest BCUT2D eigenvalue weighted by Crippen LogP contribution is 2.22. The van der Waals surface area contributed by atoms with Crippen LogP contribution < -0.4 is 5.32 Å². The van der Waals surface area contributed by atoms with Gasteiger partial charge in [-0.25, -0.2) is 4.79 Å². The zero-order chi connectivity index (χ0) is 17.0. The molecule has 1 aromatic heterocycles. The van der Waals surface area contributed by atoms with Crippen molar-refractivity contribution < 1.29 is 19.4 Å². The van der Waals surface area contributed by atoms with Crippen LogP contribution >= 0.6 is 0 Å². The van der Waals surface area contributed by atoms with Gasteiger partial charge in [0.1, 0.15) is 0 Å². The quantitative estimate of drug-likeness (QED) is 0.853. The van der Waals surface area contributed by atoms with Gasteiger partial charge in [0.05, 0.1) is 17.6 Å². The van der Waals surface area contributed by atoms with E-state index < -0.39 is 12.1 Å². The van der Waals surface area contributed by atoms with Crippen molar-refractivity contribution >= 4 is 22.8 Å². The summed E-state index contributed by atoms with van der Waals surface area (Å²) in [6.45, 7) is 3.91. The van der Waals surface area contributed by atoms with E-state index in [1.165, 1.54) is 7.11 Å². The Balaban J connectivity index is 2.33. The zero-order valence-electron chi connectivity index (χ0n) is 13.4. The fourth-order valence-corrected chi connectivity index (χ4v) is 2.23. The number of fused-ring (bicyclic) bond motifs is 1. The lowest BCUT2D eigenvalue weighted by molar-refractivity contribution is -0.148. The van der Waals surface area contributed by atoms with Crippen LogP contribution in [0.15, 0.2) is 30.3 Å². The Labute approximate surface area is 134 Å². The summed E-state index contributed by atoms with van der Waals surface area (Å²) in [6, 6.07) is 9.14. The van der Waals surface area contributed by atoms with E-state index in [0.717, 1.165) is 16.6 Å². The first-order valence-electron chi connectivity index (χ1n) is 7.37. The van der Waals surface area contributed by atoms with E-state index >= 15 is 0 Å². The number of nitrogens with one attached hydrogen (secondary N) is 1. The third kappa shape index (κ3) is 3.84. The molecule has 0 aliphatic carbocycles. The molecule has 1 unspecified atom stereocenters. The van der Waals surface area contributed by atoms with E-state index in [1.807, 2.05) is 38.1 Å². The maximum absolute atomic E-state index is 12.5. The summed E-state index contributed by atoms with van der Waals surface area (Å²) in [6.07, 6.45) is -1.07. The highest BCUT2D eigenvalue weighted by Gasteiger charge is 2.19. The molecule has 1 heterocycles. The van der Waals surface area contributed by atoms with E-state index in [1.54, 1.807) is 6.07 Å². The number of amides is 1. The number of nitrogens with zero attached hydrogens (tertiary/aromatic N) is 1. The van der Waals surface area contributed by atoms with E-state index in [9.17, 15) is 9.59 Å². The predicted molar refractivity (Wildman–Crippen MR) is 86.6 cm³/mol. The third-order valence-corrected chi connectivity index (χ3v) is 3.58. The normalized spacial score (nSPS) is 12.3. The number of hydrogen-bond acceptors (Lipinski definition) is 4. The summed E-state index contributed by atoms with van der Waals surface area (Å²) in [7, 11) is 1.30. The number of carbonyl (C=O) groups is 2. The van der Waals surface area contributed by atoms with E-state index in [4.69, 9.17) is 9.84 Å². The number of hydrogen-bond donors (Lipinski definition) is 2. The molecule has 1 atom stereocenters. The molecular formula is C17H20N2O4. The molecule has 6 nitrogen and oxygen atoms in total. The SMILES string of the molecule is COC(CNC(=O)c1cc(C(C)C)nc2ccccc12)C(=O)O. The Kier molecular flexibility index (Phi) is 5.28. The van der Waals surface area contributed by atoms with Gasteiger partial charge in [0, 0.05) is 18.2 Å². The number of carboxylic acids is 1. The van der Waals surface area contributed by atoms with Gasteiger partial charge in [0.25, 0.3) is 5.91 Å². The van der Waals surface area contributed by atoms with Gasteiger partial charge < -0.3 is 15.2 Å². The largest absolute Gasteiger partial charge is 0.479 e. The molecule has 0 spiro atoms. The van der Waals surface area contributed by atoms with Crippen LogP contribution in [0, 0.1) is 0 Å². The summed E-state index contributed by atoms with van der Waals surface area (Å²) in [5.74, 6) is -1.28. The first kappa shape index (κ1) is 16.9. The van der Waals surface area contributed by atoms with Crippen molar-refractivity contribution in [3.8, 4) is 0 Å². The lowest BCUT2D eigenvalue weighted by atomic mass is 10.0. The molecule has 0 saturated heterocycles. The fourth-order valence-electron chi connectivity index (χ4n) is 2.23. The van der Waals surface area contributed by atoms with Gasteiger partial charge >= 0.3 is 5.97 Å². The standard InChI is InChI=1S/C17H20N2O4/c1-10(2)14-8-12(11-6-4-5-7-13(11)19-14)16(20)18-9-15(23-3)17(21)22/h4-8,10,15H,9H2,1-3H3,(H,18,20)(H,21,22). The van der Waals surface area contributed by atoms with Gasteiger partial charge in [0.15, 0.2) is 6.10 Å². The molecule has 0 aliphatic heterocycles. The number of pyridine rings is 1. The second-order valence-electron chi connectivity index (χ2n) is 5.54. The monoisotopic (exact) mass is 316 g/mol. The van der Waals surface area contributed by atoms with Gasteiger partial charge in [0.2, 0.25) is 0 Å². The molecule has 6 heteroatoms. The highest BCUT2D eigenvalue weighted by molar-refractivity contribution is 6.06. The average molecular weight is 316 g/mol. The lowest BCUT2D eigenvalue weighted by Gasteiger charge is -2.14. The number of carbonyl (C=O) groups excluding carboxylic acids is 1. The van der Waals surface area contributed by atoms with Crippen molar-refractivity contribution in [3.63, 3.8) is 0 Å². The van der Waals surface area contributed by atoms with E-state index in [0.29, 0.717) is 5.56 Å². The third-order valence-electron chi connectivity index (χ3n) is 3.58. The minimum absolute atomic E-state index is 0.0989. The number of para-hydroxylation sites is 1. The van der Waals surface area contributed by atoms with Crippen molar-refractivity contribution in [2.45, 2.75) is 25.9 Å². The Morgan fingerprint density at radius 3 is 2.61 bits per heavy atom. The number of aliphatic carboxylic acids is 1. The molecular weight excluding hydrogens is 296 g/mol. The van der Waals surface area contributed by atoms with Gasteiger partial charge in [-0.15, -0.1) is 0 Å². The Bertz CT molecular complexity index is 728. The molecule has 2 aromatic rings. The summed E-state index contributed by atoms with van der Waals surface area (Å²) in [4.78, 5) is 28.0. The van der Waals surface area contributed by atoms with Crippen LogP contribution in [0.25, 0.3) is 10.9 Å².